The third-order valence-corrected chi connectivity index (χ3v) is 5.23. The van der Waals surface area contributed by atoms with Crippen LogP contribution in [0.5, 0.6) is 5.75 Å². The predicted molar refractivity (Wildman–Crippen MR) is 99.1 cm³/mol. The summed E-state index contributed by atoms with van der Waals surface area (Å²) in [5.74, 6) is -0.701. The van der Waals surface area contributed by atoms with Gasteiger partial charge in [0.2, 0.25) is 12.1 Å². The number of carbonyl (C=O) groups excluding carboxylic acids is 1. The average Bonchev–Trinajstić information content (AvgIpc) is 3.06. The molecule has 4 rings (SSSR count). The highest BCUT2D eigenvalue weighted by Gasteiger charge is 2.63. The van der Waals surface area contributed by atoms with Gasteiger partial charge in [0.1, 0.15) is 11.7 Å². The van der Waals surface area contributed by atoms with E-state index < -0.39 is 28.9 Å². The van der Waals surface area contributed by atoms with Gasteiger partial charge in [-0.05, 0) is 37.3 Å². The van der Waals surface area contributed by atoms with Crippen molar-refractivity contribution in [3.8, 4) is 5.75 Å². The van der Waals surface area contributed by atoms with Gasteiger partial charge in [0, 0.05) is 15.0 Å². The fourth-order valence-corrected chi connectivity index (χ4v) is 3.95. The van der Waals surface area contributed by atoms with Crippen molar-refractivity contribution in [3.05, 3.63) is 68.7 Å². The number of amides is 1. The van der Waals surface area contributed by atoms with Gasteiger partial charge in [0.25, 0.3) is 5.91 Å². The summed E-state index contributed by atoms with van der Waals surface area (Å²) in [5.41, 5.74) is 0.139. The fraction of sp³-hybridized carbons (Fsp3) is 0.222. The molecule has 1 spiro atoms. The molecule has 7 nitrogen and oxygen atoms in total. The number of halogens is 1. The summed E-state index contributed by atoms with van der Waals surface area (Å²) in [4.78, 5) is 24.2. The minimum Gasteiger partial charge on any atom is -0.470 e. The van der Waals surface area contributed by atoms with Crippen LogP contribution in [0.3, 0.4) is 0 Å². The van der Waals surface area contributed by atoms with Crippen LogP contribution in [0.4, 0.5) is 5.69 Å². The van der Waals surface area contributed by atoms with Gasteiger partial charge < -0.3 is 4.74 Å². The Kier molecular flexibility index (Phi) is 3.80. The highest BCUT2D eigenvalue weighted by Crippen LogP contribution is 2.49. The number of ether oxygens (including phenoxy) is 1. The molecule has 2 aliphatic heterocycles. The summed E-state index contributed by atoms with van der Waals surface area (Å²) in [7, 11) is 0. The molecule has 8 heteroatoms. The summed E-state index contributed by atoms with van der Waals surface area (Å²) in [5, 5.41) is 17.0. The first-order valence-corrected chi connectivity index (χ1v) is 8.78. The standard InChI is InChI=1S/C18H14BrN3O4/c1-11-18(17(23)22(20-11)13-5-3-2-4-6-13)15(10-21(24)25)14-9-12(19)7-8-16(14)26-18/h2-9,15H,10H2,1H3/t15-,18+/m0/s1. The van der Waals surface area contributed by atoms with Gasteiger partial charge in [0.05, 0.1) is 11.4 Å². The van der Waals surface area contributed by atoms with Crippen LogP contribution in [0.1, 0.15) is 18.4 Å². The Morgan fingerprint density at radius 1 is 1.31 bits per heavy atom. The van der Waals surface area contributed by atoms with Gasteiger partial charge >= 0.3 is 0 Å². The van der Waals surface area contributed by atoms with E-state index in [0.717, 1.165) is 4.47 Å². The molecule has 0 aromatic heterocycles. The molecule has 2 aliphatic rings. The van der Waals surface area contributed by atoms with E-state index in [9.17, 15) is 14.9 Å². The first-order chi connectivity index (χ1) is 12.4. The molecule has 0 unspecified atom stereocenters. The Balaban J connectivity index is 1.83. The Morgan fingerprint density at radius 2 is 2.04 bits per heavy atom. The van der Waals surface area contributed by atoms with Gasteiger partial charge in [-0.2, -0.15) is 10.1 Å². The first-order valence-electron chi connectivity index (χ1n) is 7.99. The SMILES string of the molecule is CC1=NN(c2ccccc2)C(=O)[C@@]12Oc1ccc(Br)cc1[C@@H]2C[N+](=O)[O-]. The Hall–Kier alpha value is -2.74. The second-order valence-electron chi connectivity index (χ2n) is 6.23. The number of fused-ring (bicyclic) bond motifs is 1. The average molecular weight is 416 g/mol. The summed E-state index contributed by atoms with van der Waals surface area (Å²) in [6.07, 6.45) is 0. The zero-order valence-electron chi connectivity index (χ0n) is 13.8. The van der Waals surface area contributed by atoms with Gasteiger partial charge in [0.15, 0.2) is 0 Å². The molecular formula is C18H14BrN3O4. The van der Waals surface area contributed by atoms with Crippen LogP contribution in [-0.2, 0) is 4.79 Å². The van der Waals surface area contributed by atoms with Crippen LogP contribution >= 0.6 is 15.9 Å². The molecule has 0 saturated heterocycles. The lowest BCUT2D eigenvalue weighted by atomic mass is 9.81. The van der Waals surface area contributed by atoms with Gasteiger partial charge in [-0.3, -0.25) is 14.9 Å². The van der Waals surface area contributed by atoms with Gasteiger partial charge in [-0.25, -0.2) is 0 Å². The van der Waals surface area contributed by atoms with E-state index in [0.29, 0.717) is 22.7 Å². The van der Waals surface area contributed by atoms with Crippen molar-refractivity contribution in [1.82, 2.24) is 0 Å². The molecule has 0 radical (unpaired) electrons. The zero-order chi connectivity index (χ0) is 18.5. The maximum absolute atomic E-state index is 13.3. The number of anilines is 1. The largest absolute Gasteiger partial charge is 0.470 e. The van der Waals surface area contributed by atoms with E-state index in [2.05, 4.69) is 21.0 Å². The molecule has 0 aliphatic carbocycles. The lowest BCUT2D eigenvalue weighted by Gasteiger charge is -2.27. The van der Waals surface area contributed by atoms with Crippen LogP contribution in [0.25, 0.3) is 0 Å². The smallest absolute Gasteiger partial charge is 0.298 e. The maximum Gasteiger partial charge on any atom is 0.298 e. The number of carbonyl (C=O) groups is 1. The summed E-state index contributed by atoms with van der Waals surface area (Å²) < 4.78 is 6.82. The van der Waals surface area contributed by atoms with Crippen molar-refractivity contribution in [2.75, 3.05) is 11.6 Å². The third kappa shape index (κ3) is 2.33. The molecule has 0 bridgehead atoms. The molecule has 1 amide bonds. The lowest BCUT2D eigenvalue weighted by Crippen LogP contribution is -2.54. The third-order valence-electron chi connectivity index (χ3n) is 4.74. The minimum atomic E-state index is -1.49. The lowest BCUT2D eigenvalue weighted by molar-refractivity contribution is -0.484. The van der Waals surface area contributed by atoms with Crippen LogP contribution in [-0.4, -0.2) is 28.7 Å². The van der Waals surface area contributed by atoms with E-state index in [-0.39, 0.29) is 0 Å². The fourth-order valence-electron chi connectivity index (χ4n) is 3.57. The summed E-state index contributed by atoms with van der Waals surface area (Å²) in [6, 6.07) is 14.2. The van der Waals surface area contributed by atoms with E-state index >= 15 is 0 Å². The Bertz CT molecular complexity index is 947. The molecule has 132 valence electrons. The predicted octanol–water partition coefficient (Wildman–Crippen LogP) is 3.36. The number of hydrazone groups is 1. The Labute approximate surface area is 157 Å². The van der Waals surface area contributed by atoms with Crippen molar-refractivity contribution in [3.63, 3.8) is 0 Å². The van der Waals surface area contributed by atoms with E-state index in [1.165, 1.54) is 5.01 Å². The normalized spacial score (nSPS) is 23.8. The topological polar surface area (TPSA) is 85.0 Å². The molecule has 2 atom stereocenters. The molecular weight excluding hydrogens is 402 g/mol. The van der Waals surface area contributed by atoms with Gasteiger partial charge in [-0.1, -0.05) is 34.1 Å². The van der Waals surface area contributed by atoms with Crippen molar-refractivity contribution in [2.24, 2.45) is 5.10 Å². The van der Waals surface area contributed by atoms with Crippen molar-refractivity contribution in [2.45, 2.75) is 18.4 Å². The van der Waals surface area contributed by atoms with E-state index in [4.69, 9.17) is 4.74 Å². The number of nitro groups is 1. The molecule has 0 saturated carbocycles. The second kappa shape index (κ2) is 5.91. The summed E-state index contributed by atoms with van der Waals surface area (Å²) >= 11 is 3.38. The summed E-state index contributed by atoms with van der Waals surface area (Å²) in [6.45, 7) is 1.25. The highest BCUT2D eigenvalue weighted by molar-refractivity contribution is 9.10. The molecule has 26 heavy (non-hydrogen) atoms. The van der Waals surface area contributed by atoms with Crippen molar-refractivity contribution < 1.29 is 14.5 Å². The second-order valence-corrected chi connectivity index (χ2v) is 7.14. The number of para-hydroxylation sites is 1. The van der Waals surface area contributed by atoms with Crippen LogP contribution in [0.15, 0.2) is 58.1 Å². The minimum absolute atomic E-state index is 0.408. The maximum atomic E-state index is 13.3. The zero-order valence-corrected chi connectivity index (χ0v) is 15.3. The number of hydrogen-bond acceptors (Lipinski definition) is 5. The van der Waals surface area contributed by atoms with Crippen LogP contribution in [0.2, 0.25) is 0 Å². The highest BCUT2D eigenvalue weighted by atomic mass is 79.9. The number of benzene rings is 2. The molecule has 2 heterocycles. The molecule has 0 N–H and O–H groups in total. The number of nitrogens with zero attached hydrogens (tertiary/aromatic N) is 3. The first kappa shape index (κ1) is 16.7. The molecule has 0 fully saturated rings. The molecule has 2 aromatic carbocycles. The molecule has 2 aromatic rings. The number of hydrogen-bond donors (Lipinski definition) is 0. The van der Waals surface area contributed by atoms with Crippen molar-refractivity contribution in [1.29, 1.82) is 0 Å². The van der Waals surface area contributed by atoms with Crippen LogP contribution < -0.4 is 9.75 Å². The van der Waals surface area contributed by atoms with E-state index in [1.807, 2.05) is 6.07 Å². The van der Waals surface area contributed by atoms with E-state index in [1.54, 1.807) is 49.4 Å². The number of rotatable bonds is 3. The Morgan fingerprint density at radius 3 is 2.73 bits per heavy atom. The van der Waals surface area contributed by atoms with Gasteiger partial charge in [-0.15, -0.1) is 0 Å². The quantitative estimate of drug-likeness (QED) is 0.567. The monoisotopic (exact) mass is 415 g/mol. The van der Waals surface area contributed by atoms with Crippen LogP contribution in [0, 0.1) is 10.1 Å². The van der Waals surface area contributed by atoms with Crippen molar-refractivity contribution >= 4 is 33.2 Å².